The maximum absolute atomic E-state index is 11.6. The fraction of sp³-hybridized carbons (Fsp3) is 0.786. The van der Waals surface area contributed by atoms with E-state index in [0.29, 0.717) is 6.04 Å². The Bertz CT molecular complexity index is 297. The minimum atomic E-state index is -0.160. The molecule has 1 atom stereocenters. The number of carbonyl (C=O) groups is 1. The van der Waals surface area contributed by atoms with E-state index in [0.717, 1.165) is 19.4 Å². The van der Waals surface area contributed by atoms with Crippen LogP contribution in [0.3, 0.4) is 0 Å². The van der Waals surface area contributed by atoms with Crippen molar-refractivity contribution in [3.05, 3.63) is 11.1 Å². The zero-order valence-corrected chi connectivity index (χ0v) is 11.6. The summed E-state index contributed by atoms with van der Waals surface area (Å²) in [5, 5.41) is 0. The highest BCUT2D eigenvalue weighted by Crippen LogP contribution is 2.34. The molecule has 1 heterocycles. The van der Waals surface area contributed by atoms with Gasteiger partial charge in [-0.2, -0.15) is 0 Å². The third kappa shape index (κ3) is 3.02. The zero-order valence-electron chi connectivity index (χ0n) is 11.6. The fourth-order valence-electron chi connectivity index (χ4n) is 2.84. The van der Waals surface area contributed by atoms with Gasteiger partial charge in [0.05, 0.1) is 13.2 Å². The summed E-state index contributed by atoms with van der Waals surface area (Å²) in [6.45, 7) is 7.07. The van der Waals surface area contributed by atoms with E-state index in [1.807, 2.05) is 18.7 Å². The van der Waals surface area contributed by atoms with Crippen LogP contribution in [0.2, 0.25) is 0 Å². The molecule has 2 rings (SSSR count). The minimum absolute atomic E-state index is 0.160. The maximum Gasteiger partial charge on any atom is 0.409 e. The first-order valence-corrected chi connectivity index (χ1v) is 6.77. The van der Waals surface area contributed by atoms with Crippen molar-refractivity contribution in [2.24, 2.45) is 0 Å². The second-order valence-corrected chi connectivity index (χ2v) is 4.48. The van der Waals surface area contributed by atoms with Crippen LogP contribution in [-0.4, -0.2) is 30.7 Å². The number of hydrogen-bond acceptors (Lipinski definition) is 2. The van der Waals surface area contributed by atoms with Gasteiger partial charge in [-0.15, -0.1) is 0 Å². The normalized spacial score (nSPS) is 23.5. The lowest BCUT2D eigenvalue weighted by molar-refractivity contribution is 0.0989. The first-order chi connectivity index (χ1) is 8.24. The lowest BCUT2D eigenvalue weighted by Crippen LogP contribution is -2.46. The maximum atomic E-state index is 11.6. The van der Waals surface area contributed by atoms with Gasteiger partial charge in [-0.1, -0.05) is 19.4 Å². The molecule has 0 bridgehead atoms. The first kappa shape index (κ1) is 14.1. The van der Waals surface area contributed by atoms with Crippen LogP contribution in [0.4, 0.5) is 4.79 Å². The van der Waals surface area contributed by atoms with Crippen molar-refractivity contribution >= 4 is 6.09 Å². The molecule has 1 saturated heterocycles. The zero-order chi connectivity index (χ0) is 12.8. The number of carbonyl (C=O) groups excluding carboxylic acids is 1. The molecule has 1 amide bonds. The Hall–Kier alpha value is -0.990. The van der Waals surface area contributed by atoms with Gasteiger partial charge in [0.1, 0.15) is 0 Å². The van der Waals surface area contributed by atoms with Crippen LogP contribution in [-0.2, 0) is 4.74 Å². The van der Waals surface area contributed by atoms with Crippen LogP contribution in [0.15, 0.2) is 11.1 Å². The molecule has 0 radical (unpaired) electrons. The average Bonchev–Trinajstić information content (AvgIpc) is 2.40. The van der Waals surface area contributed by atoms with Crippen LogP contribution < -0.4 is 0 Å². The highest BCUT2D eigenvalue weighted by atomic mass is 16.5. The van der Waals surface area contributed by atoms with Crippen LogP contribution in [0.1, 0.15) is 52.9 Å². The van der Waals surface area contributed by atoms with Crippen LogP contribution in [0.5, 0.6) is 0 Å². The number of fused-ring (bicyclic) bond motifs is 1. The number of allylic oxidation sites excluding steroid dienone is 1. The number of hydrogen-bond donors (Lipinski definition) is 0. The van der Waals surface area contributed by atoms with E-state index in [4.69, 9.17) is 4.74 Å². The fourth-order valence-corrected chi connectivity index (χ4v) is 2.84. The Morgan fingerprint density at radius 3 is 2.65 bits per heavy atom. The quantitative estimate of drug-likeness (QED) is 0.603. The van der Waals surface area contributed by atoms with E-state index in [-0.39, 0.29) is 6.09 Å². The van der Waals surface area contributed by atoms with Crippen molar-refractivity contribution in [3.63, 3.8) is 0 Å². The summed E-state index contributed by atoms with van der Waals surface area (Å²) in [7, 11) is 1.47. The molecule has 17 heavy (non-hydrogen) atoms. The third-order valence-corrected chi connectivity index (χ3v) is 3.61. The Morgan fingerprint density at radius 1 is 1.29 bits per heavy atom. The van der Waals surface area contributed by atoms with Crippen LogP contribution in [0, 0.1) is 0 Å². The summed E-state index contributed by atoms with van der Waals surface area (Å²) in [6, 6.07) is 0.333. The second-order valence-electron chi connectivity index (χ2n) is 4.48. The molecule has 98 valence electrons. The Balaban J connectivity index is 0.000000686. The van der Waals surface area contributed by atoms with E-state index in [1.54, 1.807) is 0 Å². The molecule has 0 spiro atoms. The predicted molar refractivity (Wildman–Crippen MR) is 70.0 cm³/mol. The van der Waals surface area contributed by atoms with Crippen molar-refractivity contribution < 1.29 is 9.53 Å². The summed E-state index contributed by atoms with van der Waals surface area (Å²) in [5.41, 5.74) is 3.00. The molecule has 1 fully saturated rings. The van der Waals surface area contributed by atoms with Crippen molar-refractivity contribution in [3.8, 4) is 0 Å². The number of piperidine rings is 1. The Morgan fingerprint density at radius 2 is 2.00 bits per heavy atom. The highest BCUT2D eigenvalue weighted by Gasteiger charge is 2.33. The van der Waals surface area contributed by atoms with Gasteiger partial charge in [0.15, 0.2) is 0 Å². The van der Waals surface area contributed by atoms with Crippen molar-refractivity contribution in [1.29, 1.82) is 0 Å². The molecule has 1 aliphatic heterocycles. The van der Waals surface area contributed by atoms with E-state index < -0.39 is 0 Å². The number of nitrogens with zero attached hydrogens (tertiary/aromatic N) is 1. The van der Waals surface area contributed by atoms with Gasteiger partial charge in [-0.3, -0.25) is 0 Å². The van der Waals surface area contributed by atoms with Gasteiger partial charge in [0.25, 0.3) is 0 Å². The summed E-state index contributed by atoms with van der Waals surface area (Å²) in [4.78, 5) is 13.5. The molecule has 2 aliphatic rings. The summed E-state index contributed by atoms with van der Waals surface area (Å²) in [5.74, 6) is 0. The van der Waals surface area contributed by atoms with Gasteiger partial charge in [0, 0.05) is 6.54 Å². The third-order valence-electron chi connectivity index (χ3n) is 3.61. The summed E-state index contributed by atoms with van der Waals surface area (Å²) in [6.07, 6.45) is 5.62. The van der Waals surface area contributed by atoms with Crippen molar-refractivity contribution in [2.45, 2.75) is 58.9 Å². The Kier molecular flexibility index (Phi) is 5.52. The second kappa shape index (κ2) is 6.67. The molecule has 0 N–H and O–H groups in total. The lowest BCUT2D eigenvalue weighted by atomic mass is 9.82. The van der Waals surface area contributed by atoms with Gasteiger partial charge in [0.2, 0.25) is 0 Å². The Labute approximate surface area is 105 Å². The molecule has 0 aromatic rings. The van der Waals surface area contributed by atoms with E-state index in [1.165, 1.54) is 37.5 Å². The van der Waals surface area contributed by atoms with Crippen LogP contribution >= 0.6 is 0 Å². The SMILES string of the molecule is CC.COC(=O)N1CCCC2=C(C)CCCC21. The minimum Gasteiger partial charge on any atom is -0.453 e. The van der Waals surface area contributed by atoms with E-state index in [9.17, 15) is 4.79 Å². The lowest BCUT2D eigenvalue weighted by Gasteiger charge is -2.40. The van der Waals surface area contributed by atoms with Gasteiger partial charge >= 0.3 is 6.09 Å². The van der Waals surface area contributed by atoms with Gasteiger partial charge in [-0.25, -0.2) is 4.79 Å². The molecule has 1 unspecified atom stereocenters. The van der Waals surface area contributed by atoms with E-state index in [2.05, 4.69) is 6.92 Å². The number of rotatable bonds is 0. The average molecular weight is 239 g/mol. The number of likely N-dealkylation sites (tertiary alicyclic amines) is 1. The molecule has 3 heteroatoms. The first-order valence-electron chi connectivity index (χ1n) is 6.77. The topological polar surface area (TPSA) is 29.5 Å². The molecule has 0 aromatic carbocycles. The number of methoxy groups -OCH3 is 1. The standard InChI is InChI=1S/C12H19NO2.C2H6/c1-9-5-3-7-11-10(9)6-4-8-13(11)12(14)15-2;1-2/h11H,3-8H2,1-2H3;1-2H3. The molecular weight excluding hydrogens is 214 g/mol. The molecular formula is C14H25NO2. The number of ether oxygens (including phenoxy) is 1. The molecule has 1 aliphatic carbocycles. The smallest absolute Gasteiger partial charge is 0.409 e. The predicted octanol–water partition coefficient (Wildman–Crippen LogP) is 3.74. The molecule has 3 nitrogen and oxygen atoms in total. The monoisotopic (exact) mass is 239 g/mol. The summed E-state index contributed by atoms with van der Waals surface area (Å²) < 4.78 is 4.84. The van der Waals surface area contributed by atoms with Crippen molar-refractivity contribution in [1.82, 2.24) is 4.90 Å². The largest absolute Gasteiger partial charge is 0.453 e. The van der Waals surface area contributed by atoms with Gasteiger partial charge in [-0.05, 0) is 44.6 Å². The summed E-state index contributed by atoms with van der Waals surface area (Å²) >= 11 is 0. The van der Waals surface area contributed by atoms with Gasteiger partial charge < -0.3 is 9.64 Å². The van der Waals surface area contributed by atoms with Crippen molar-refractivity contribution in [2.75, 3.05) is 13.7 Å². The number of amides is 1. The van der Waals surface area contributed by atoms with Crippen LogP contribution in [0.25, 0.3) is 0 Å². The highest BCUT2D eigenvalue weighted by molar-refractivity contribution is 5.68. The molecule has 0 saturated carbocycles. The van der Waals surface area contributed by atoms with E-state index >= 15 is 0 Å². The molecule has 0 aromatic heterocycles.